The molecule has 0 aromatic rings. The second kappa shape index (κ2) is 5.01. The van der Waals surface area contributed by atoms with Crippen molar-refractivity contribution in [3.8, 4) is 0 Å². The minimum atomic E-state index is -0.931. The predicted octanol–water partition coefficient (Wildman–Crippen LogP) is -0.452. The van der Waals surface area contributed by atoms with Crippen molar-refractivity contribution >= 4 is 0 Å². The molecule has 0 fully saturated rings. The van der Waals surface area contributed by atoms with E-state index >= 15 is 0 Å². The zero-order chi connectivity index (χ0) is 11.4. The first-order valence-electron chi connectivity index (χ1n) is 4.64. The fourth-order valence-electron chi connectivity index (χ4n) is 1.42. The average molecular weight is 214 g/mol. The maximum absolute atomic E-state index is 10.4. The lowest BCUT2D eigenvalue weighted by atomic mass is 9.94. The Balaban J connectivity index is 2.71. The first kappa shape index (κ1) is 11.8. The van der Waals surface area contributed by atoms with Crippen molar-refractivity contribution < 1.29 is 15.1 Å². The van der Waals surface area contributed by atoms with Crippen LogP contribution in [-0.2, 0) is 0 Å². The molecule has 1 rings (SSSR count). The van der Waals surface area contributed by atoms with Gasteiger partial charge in [-0.2, -0.15) is 0 Å². The molecule has 0 aromatic heterocycles. The Morgan fingerprint density at radius 1 is 1.53 bits per heavy atom. The maximum Gasteiger partial charge on any atom is 0.246 e. The fourth-order valence-corrected chi connectivity index (χ4v) is 1.42. The molecule has 4 N–H and O–H groups in total. The zero-order valence-corrected chi connectivity index (χ0v) is 8.17. The number of nitrogens with two attached hydrogens (primary N) is 1. The average Bonchev–Trinajstić information content (AvgIpc) is 2.27. The number of nitro groups is 1. The summed E-state index contributed by atoms with van der Waals surface area (Å²) < 4.78 is 0. The van der Waals surface area contributed by atoms with E-state index in [-0.39, 0.29) is 18.7 Å². The molecule has 1 aliphatic carbocycles. The van der Waals surface area contributed by atoms with E-state index in [1.54, 1.807) is 0 Å². The number of hydrogen-bond donors (Lipinski definition) is 3. The van der Waals surface area contributed by atoms with Gasteiger partial charge in [0.15, 0.2) is 0 Å². The summed E-state index contributed by atoms with van der Waals surface area (Å²) in [6.07, 6.45) is 2.63. The molecule has 0 aromatic carbocycles. The van der Waals surface area contributed by atoms with Gasteiger partial charge in [0.25, 0.3) is 0 Å². The van der Waals surface area contributed by atoms with Crippen LogP contribution >= 0.6 is 0 Å². The van der Waals surface area contributed by atoms with Gasteiger partial charge in [-0.25, -0.2) is 0 Å². The van der Waals surface area contributed by atoms with E-state index in [0.717, 1.165) is 0 Å². The van der Waals surface area contributed by atoms with Crippen molar-refractivity contribution in [2.75, 3.05) is 6.61 Å². The quantitative estimate of drug-likeness (QED) is 0.433. The van der Waals surface area contributed by atoms with Crippen LogP contribution in [0.15, 0.2) is 23.4 Å². The molecule has 0 amide bonds. The van der Waals surface area contributed by atoms with Gasteiger partial charge in [-0.05, 0) is 12.0 Å². The van der Waals surface area contributed by atoms with Crippen molar-refractivity contribution in [1.29, 1.82) is 0 Å². The number of allylic oxidation sites excluding steroid dienone is 3. The standard InChI is InChI=1S/C9H14N2O4/c10-8(5-12)9(13)6-1-3-7(4-2-6)11(14)15/h1,3,8-9,12-13H,2,4-5,10H2. The van der Waals surface area contributed by atoms with Crippen LogP contribution in [0.5, 0.6) is 0 Å². The molecule has 6 heteroatoms. The molecule has 0 spiro atoms. The van der Waals surface area contributed by atoms with Crippen molar-refractivity contribution in [1.82, 2.24) is 0 Å². The maximum atomic E-state index is 10.4. The van der Waals surface area contributed by atoms with Crippen LogP contribution in [0.2, 0.25) is 0 Å². The van der Waals surface area contributed by atoms with E-state index in [1.807, 2.05) is 0 Å². The molecule has 2 unspecified atom stereocenters. The highest BCUT2D eigenvalue weighted by molar-refractivity contribution is 5.24. The van der Waals surface area contributed by atoms with Crippen LogP contribution in [0.1, 0.15) is 12.8 Å². The molecule has 0 heterocycles. The number of aliphatic hydroxyl groups excluding tert-OH is 2. The molecule has 0 saturated carbocycles. The van der Waals surface area contributed by atoms with Crippen LogP contribution in [-0.4, -0.2) is 33.9 Å². The predicted molar refractivity (Wildman–Crippen MR) is 53.5 cm³/mol. The molecular formula is C9H14N2O4. The molecule has 6 nitrogen and oxygen atoms in total. The summed E-state index contributed by atoms with van der Waals surface area (Å²) >= 11 is 0. The Morgan fingerprint density at radius 3 is 2.60 bits per heavy atom. The summed E-state index contributed by atoms with van der Waals surface area (Å²) in [4.78, 5) is 9.96. The van der Waals surface area contributed by atoms with Crippen molar-refractivity contribution in [3.05, 3.63) is 33.5 Å². The Labute approximate surface area is 86.9 Å². The lowest BCUT2D eigenvalue weighted by molar-refractivity contribution is -0.428. The smallest absolute Gasteiger partial charge is 0.246 e. The van der Waals surface area contributed by atoms with Crippen LogP contribution in [0.3, 0.4) is 0 Å². The van der Waals surface area contributed by atoms with Crippen LogP contribution in [0.25, 0.3) is 0 Å². The van der Waals surface area contributed by atoms with Gasteiger partial charge in [0.2, 0.25) is 5.70 Å². The molecule has 0 bridgehead atoms. The first-order valence-corrected chi connectivity index (χ1v) is 4.64. The molecule has 15 heavy (non-hydrogen) atoms. The molecule has 2 atom stereocenters. The van der Waals surface area contributed by atoms with E-state index < -0.39 is 17.1 Å². The molecule has 84 valence electrons. The summed E-state index contributed by atoms with van der Waals surface area (Å²) in [7, 11) is 0. The molecule has 0 aliphatic heterocycles. The van der Waals surface area contributed by atoms with Crippen LogP contribution < -0.4 is 5.73 Å². The molecule has 0 saturated heterocycles. The normalized spacial score (nSPS) is 20.2. The highest BCUT2D eigenvalue weighted by Crippen LogP contribution is 2.22. The second-order valence-corrected chi connectivity index (χ2v) is 3.45. The highest BCUT2D eigenvalue weighted by Gasteiger charge is 2.23. The Kier molecular flexibility index (Phi) is 3.96. The van der Waals surface area contributed by atoms with Crippen LogP contribution in [0.4, 0.5) is 0 Å². The lowest BCUT2D eigenvalue weighted by Gasteiger charge is -2.20. The monoisotopic (exact) mass is 214 g/mol. The van der Waals surface area contributed by atoms with E-state index in [4.69, 9.17) is 10.8 Å². The van der Waals surface area contributed by atoms with E-state index in [1.165, 1.54) is 12.2 Å². The molecule has 0 radical (unpaired) electrons. The minimum absolute atomic E-state index is 0.128. The van der Waals surface area contributed by atoms with Crippen molar-refractivity contribution in [2.45, 2.75) is 25.0 Å². The van der Waals surface area contributed by atoms with Crippen molar-refractivity contribution in [3.63, 3.8) is 0 Å². The SMILES string of the molecule is NC(CO)C(O)C1=CC=C([N+](=O)[O-])CC1. The second-order valence-electron chi connectivity index (χ2n) is 3.45. The first-order chi connectivity index (χ1) is 7.06. The van der Waals surface area contributed by atoms with Crippen molar-refractivity contribution in [2.24, 2.45) is 5.73 Å². The van der Waals surface area contributed by atoms with Gasteiger partial charge < -0.3 is 15.9 Å². The summed E-state index contributed by atoms with van der Waals surface area (Å²) in [5, 5.41) is 28.8. The summed E-state index contributed by atoms with van der Waals surface area (Å²) in [6.45, 7) is -0.315. The largest absolute Gasteiger partial charge is 0.395 e. The topological polar surface area (TPSA) is 110 Å². The summed E-state index contributed by atoms with van der Waals surface area (Å²) in [5.74, 6) is 0. The number of aliphatic hydroxyl groups is 2. The Bertz CT molecular complexity index is 311. The molecule has 1 aliphatic rings. The van der Waals surface area contributed by atoms with Gasteiger partial charge in [0.1, 0.15) is 0 Å². The van der Waals surface area contributed by atoms with E-state index in [9.17, 15) is 15.2 Å². The molecular weight excluding hydrogens is 200 g/mol. The number of nitrogens with zero attached hydrogens (tertiary/aromatic N) is 1. The fraction of sp³-hybridized carbons (Fsp3) is 0.556. The summed E-state index contributed by atoms with van der Waals surface area (Å²) in [5.41, 5.74) is 6.20. The van der Waals surface area contributed by atoms with Gasteiger partial charge >= 0.3 is 0 Å². The Hall–Kier alpha value is -1.24. The number of rotatable bonds is 4. The number of hydrogen-bond acceptors (Lipinski definition) is 5. The van der Waals surface area contributed by atoms with Gasteiger partial charge in [0, 0.05) is 12.5 Å². The highest BCUT2D eigenvalue weighted by atomic mass is 16.6. The summed E-state index contributed by atoms with van der Waals surface area (Å²) in [6, 6.07) is -0.734. The Morgan fingerprint density at radius 2 is 2.20 bits per heavy atom. The van der Waals surface area contributed by atoms with Gasteiger partial charge in [-0.15, -0.1) is 0 Å². The minimum Gasteiger partial charge on any atom is -0.395 e. The third-order valence-electron chi connectivity index (χ3n) is 2.39. The third-order valence-corrected chi connectivity index (χ3v) is 2.39. The van der Waals surface area contributed by atoms with Gasteiger partial charge in [-0.1, -0.05) is 6.08 Å². The van der Waals surface area contributed by atoms with Gasteiger partial charge in [0.05, 0.1) is 23.7 Å². The van der Waals surface area contributed by atoms with Gasteiger partial charge in [-0.3, -0.25) is 10.1 Å². The lowest BCUT2D eigenvalue weighted by Crippen LogP contribution is -2.39. The zero-order valence-electron chi connectivity index (χ0n) is 8.17. The van der Waals surface area contributed by atoms with E-state index in [2.05, 4.69) is 0 Å². The third kappa shape index (κ3) is 2.85. The van der Waals surface area contributed by atoms with Crippen LogP contribution in [0, 0.1) is 10.1 Å². The van der Waals surface area contributed by atoms with E-state index in [0.29, 0.717) is 12.0 Å².